The van der Waals surface area contributed by atoms with Crippen molar-refractivity contribution in [1.82, 2.24) is 0 Å². The fourth-order valence-electron chi connectivity index (χ4n) is 7.48. The molecule has 1 heterocycles. The lowest BCUT2D eigenvalue weighted by molar-refractivity contribution is -0.153. The first-order chi connectivity index (χ1) is 16.4. The molecule has 2 fully saturated rings. The van der Waals surface area contributed by atoms with Crippen LogP contribution in [-0.4, -0.2) is 40.9 Å². The van der Waals surface area contributed by atoms with Crippen LogP contribution in [0, 0.1) is 34.5 Å². The summed E-state index contributed by atoms with van der Waals surface area (Å²) in [6.07, 6.45) is 16.0. The topological polar surface area (TPSA) is 66.8 Å². The molecule has 1 saturated heterocycles. The van der Waals surface area contributed by atoms with E-state index in [4.69, 9.17) is 4.74 Å². The summed E-state index contributed by atoms with van der Waals surface area (Å²) < 4.78 is 6.48. The normalized spacial score (nSPS) is 40.1. The highest BCUT2D eigenvalue weighted by atomic mass is 16.5. The number of rotatable bonds is 10. The van der Waals surface area contributed by atoms with Gasteiger partial charge in [0.15, 0.2) is 0 Å². The summed E-state index contributed by atoms with van der Waals surface area (Å²) in [7, 11) is 0. The molecule has 0 radical (unpaired) electrons. The van der Waals surface area contributed by atoms with Crippen molar-refractivity contribution in [3.8, 4) is 0 Å². The highest BCUT2D eigenvalue weighted by Gasteiger charge is 2.68. The van der Waals surface area contributed by atoms with Crippen LogP contribution < -0.4 is 0 Å². The molecule has 2 bridgehead atoms. The number of fused-ring (bicyclic) bond motifs is 2. The molecular weight excluding hydrogens is 436 g/mol. The number of carbonyl (C=O) groups is 1. The summed E-state index contributed by atoms with van der Waals surface area (Å²) in [6.45, 7) is 16.0. The molecular formula is C31H50O4. The third-order valence-electron chi connectivity index (χ3n) is 10.5. The first kappa shape index (κ1) is 28.3. The molecule has 4 nitrogen and oxygen atoms in total. The highest BCUT2D eigenvalue weighted by molar-refractivity contribution is 5.56. The maximum absolute atomic E-state index is 11.9. The van der Waals surface area contributed by atoms with Gasteiger partial charge in [0.25, 0.3) is 0 Å². The molecule has 198 valence electrons. The van der Waals surface area contributed by atoms with Gasteiger partial charge in [-0.15, -0.1) is 0 Å². The molecule has 3 rings (SSSR count). The van der Waals surface area contributed by atoms with Gasteiger partial charge >= 0.3 is 0 Å². The van der Waals surface area contributed by atoms with Crippen molar-refractivity contribution in [2.24, 2.45) is 34.5 Å². The quantitative estimate of drug-likeness (QED) is 0.212. The maximum Gasteiger partial charge on any atom is 0.125 e. The standard InChI is InChI=1S/C31H50O4/c1-22(12-15-26-23(2)13-14-24(3)28(26,5)6)10-8-16-30-21-35-31(25(4)20-33,18-17-29(30,7)34)27(30)11-9-19-32/h10,12-13,15,20,24-27,32,34H,8-9,11,14,16-19,21H2,1-7H3. The molecule has 0 spiro atoms. The van der Waals surface area contributed by atoms with Gasteiger partial charge in [-0.05, 0) is 83.0 Å². The van der Waals surface area contributed by atoms with Crippen molar-refractivity contribution < 1.29 is 19.7 Å². The monoisotopic (exact) mass is 486 g/mol. The number of ether oxygens (including phenoxy) is 1. The number of allylic oxidation sites excluding steroid dienone is 6. The van der Waals surface area contributed by atoms with Crippen LogP contribution in [0.4, 0.5) is 0 Å². The van der Waals surface area contributed by atoms with E-state index in [1.807, 2.05) is 13.8 Å². The fraction of sp³-hybridized carbons (Fsp3) is 0.774. The lowest BCUT2D eigenvalue weighted by Gasteiger charge is -2.54. The van der Waals surface area contributed by atoms with E-state index < -0.39 is 16.6 Å². The minimum Gasteiger partial charge on any atom is -0.396 e. The summed E-state index contributed by atoms with van der Waals surface area (Å²) >= 11 is 0. The van der Waals surface area contributed by atoms with Gasteiger partial charge in [-0.2, -0.15) is 0 Å². The molecule has 1 aliphatic heterocycles. The van der Waals surface area contributed by atoms with Crippen LogP contribution in [0.2, 0.25) is 0 Å². The van der Waals surface area contributed by atoms with Crippen molar-refractivity contribution >= 4 is 6.29 Å². The van der Waals surface area contributed by atoms with E-state index >= 15 is 0 Å². The van der Waals surface area contributed by atoms with Crippen molar-refractivity contribution in [2.45, 2.75) is 105 Å². The fourth-order valence-corrected chi connectivity index (χ4v) is 7.48. The Morgan fingerprint density at radius 2 is 2.00 bits per heavy atom. The van der Waals surface area contributed by atoms with Crippen molar-refractivity contribution in [3.63, 3.8) is 0 Å². The SMILES string of the molecule is CC(C=CC1C(C)=CCC(C)C1(C)C)=CCCC12COC(C(C)C=O)(CCC1(C)O)C2CCCO. The molecule has 2 aliphatic carbocycles. The number of hydrogen-bond acceptors (Lipinski definition) is 4. The molecule has 35 heavy (non-hydrogen) atoms. The Hall–Kier alpha value is -1.23. The third-order valence-corrected chi connectivity index (χ3v) is 10.5. The van der Waals surface area contributed by atoms with Crippen LogP contribution in [0.25, 0.3) is 0 Å². The van der Waals surface area contributed by atoms with E-state index in [1.165, 1.54) is 11.1 Å². The van der Waals surface area contributed by atoms with Crippen molar-refractivity contribution in [1.29, 1.82) is 0 Å². The summed E-state index contributed by atoms with van der Waals surface area (Å²) in [5.41, 5.74) is 1.18. The van der Waals surface area contributed by atoms with E-state index in [-0.39, 0.29) is 23.9 Å². The van der Waals surface area contributed by atoms with Crippen LogP contribution in [0.1, 0.15) is 93.4 Å². The minimum absolute atomic E-state index is 0.0626. The molecule has 0 amide bonds. The van der Waals surface area contributed by atoms with Gasteiger partial charge in [-0.3, -0.25) is 0 Å². The molecule has 7 atom stereocenters. The number of aliphatic hydroxyl groups is 2. The van der Waals surface area contributed by atoms with Crippen LogP contribution in [0.5, 0.6) is 0 Å². The van der Waals surface area contributed by atoms with Gasteiger partial charge in [0, 0.05) is 23.9 Å². The summed E-state index contributed by atoms with van der Waals surface area (Å²) in [6, 6.07) is 0. The van der Waals surface area contributed by atoms with E-state index in [1.54, 1.807) is 0 Å². The summed E-state index contributed by atoms with van der Waals surface area (Å²) in [5, 5.41) is 21.2. The first-order valence-corrected chi connectivity index (χ1v) is 13.8. The number of hydrogen-bond donors (Lipinski definition) is 2. The molecule has 1 saturated carbocycles. The number of carbonyl (C=O) groups excluding carboxylic acids is 1. The van der Waals surface area contributed by atoms with Crippen LogP contribution >= 0.6 is 0 Å². The van der Waals surface area contributed by atoms with Crippen LogP contribution in [0.15, 0.2) is 35.5 Å². The van der Waals surface area contributed by atoms with Gasteiger partial charge in [-0.25, -0.2) is 0 Å². The molecule has 0 aromatic heterocycles. The lowest BCUT2D eigenvalue weighted by Crippen LogP contribution is -2.60. The van der Waals surface area contributed by atoms with Crippen molar-refractivity contribution in [3.05, 3.63) is 35.5 Å². The van der Waals surface area contributed by atoms with Gasteiger partial charge < -0.3 is 19.7 Å². The van der Waals surface area contributed by atoms with Gasteiger partial charge in [0.1, 0.15) is 6.29 Å². The average molecular weight is 487 g/mol. The second kappa shape index (κ2) is 10.6. The van der Waals surface area contributed by atoms with E-state index in [0.717, 1.165) is 32.0 Å². The Morgan fingerprint density at radius 3 is 2.66 bits per heavy atom. The van der Waals surface area contributed by atoms with E-state index in [0.29, 0.717) is 37.7 Å². The summed E-state index contributed by atoms with van der Waals surface area (Å²) in [5.74, 6) is 0.948. The van der Waals surface area contributed by atoms with Crippen LogP contribution in [-0.2, 0) is 9.53 Å². The minimum atomic E-state index is -0.850. The lowest BCUT2D eigenvalue weighted by atomic mass is 9.51. The Kier molecular flexibility index (Phi) is 8.61. The second-order valence-corrected chi connectivity index (χ2v) is 12.7. The van der Waals surface area contributed by atoms with Crippen molar-refractivity contribution in [2.75, 3.05) is 13.2 Å². The molecule has 7 unspecified atom stereocenters. The Labute approximate surface area is 213 Å². The number of aldehydes is 1. The summed E-state index contributed by atoms with van der Waals surface area (Å²) in [4.78, 5) is 11.9. The van der Waals surface area contributed by atoms with Gasteiger partial charge in [0.2, 0.25) is 0 Å². The maximum atomic E-state index is 11.9. The molecule has 4 heteroatoms. The zero-order chi connectivity index (χ0) is 26.1. The Balaban J connectivity index is 1.79. The number of aliphatic hydroxyl groups excluding tert-OH is 1. The van der Waals surface area contributed by atoms with Gasteiger partial charge in [0.05, 0.1) is 17.8 Å². The Morgan fingerprint density at radius 1 is 1.29 bits per heavy atom. The third kappa shape index (κ3) is 5.00. The largest absolute Gasteiger partial charge is 0.396 e. The van der Waals surface area contributed by atoms with Gasteiger partial charge in [-0.1, -0.05) is 63.1 Å². The zero-order valence-electron chi connectivity index (χ0n) is 23.3. The molecule has 0 aromatic carbocycles. The first-order valence-electron chi connectivity index (χ1n) is 13.8. The zero-order valence-corrected chi connectivity index (χ0v) is 23.3. The smallest absolute Gasteiger partial charge is 0.125 e. The average Bonchev–Trinajstić information content (AvgIpc) is 3.08. The molecule has 0 aromatic rings. The van der Waals surface area contributed by atoms with E-state index in [2.05, 4.69) is 58.9 Å². The second-order valence-electron chi connectivity index (χ2n) is 12.7. The molecule has 3 aliphatic rings. The highest BCUT2D eigenvalue weighted by Crippen LogP contribution is 2.64. The predicted molar refractivity (Wildman–Crippen MR) is 143 cm³/mol. The predicted octanol–water partition coefficient (Wildman–Crippen LogP) is 6.42. The molecule has 2 N–H and O–H groups in total. The van der Waals surface area contributed by atoms with Crippen LogP contribution in [0.3, 0.4) is 0 Å². The Bertz CT molecular complexity index is 850. The van der Waals surface area contributed by atoms with E-state index in [9.17, 15) is 15.0 Å².